The van der Waals surface area contributed by atoms with E-state index in [1.54, 1.807) is 29.2 Å². The molecule has 0 radical (unpaired) electrons. The largest absolute Gasteiger partial charge is 0.462 e. The summed E-state index contributed by atoms with van der Waals surface area (Å²) in [5, 5.41) is 0. The van der Waals surface area contributed by atoms with Crippen LogP contribution in [0.5, 0.6) is 5.75 Å². The zero-order chi connectivity index (χ0) is 23.4. The Labute approximate surface area is 191 Å². The highest BCUT2D eigenvalue weighted by atomic mass is 19.1. The maximum Gasteiger partial charge on any atom is 0.250 e. The number of anilines is 1. The van der Waals surface area contributed by atoms with Crippen LogP contribution in [0.3, 0.4) is 0 Å². The molecule has 2 aliphatic rings. The summed E-state index contributed by atoms with van der Waals surface area (Å²) in [4.78, 5) is 32.1. The van der Waals surface area contributed by atoms with Crippen LogP contribution in [0.15, 0.2) is 67.0 Å². The minimum Gasteiger partial charge on any atom is -0.462 e. The number of pyridine rings is 1. The first-order chi connectivity index (χ1) is 16.0. The van der Waals surface area contributed by atoms with Crippen molar-refractivity contribution in [2.45, 2.75) is 12.8 Å². The molecule has 2 N–H and O–H groups in total. The Hall–Kier alpha value is -3.94. The number of piperazine rings is 1. The predicted molar refractivity (Wildman–Crippen MR) is 124 cm³/mol. The molecule has 0 saturated carbocycles. The molecule has 4 rings (SSSR count). The highest BCUT2D eigenvalue weighted by Gasteiger charge is 2.23. The molecular formula is C25H25FN4O3. The van der Waals surface area contributed by atoms with Crippen molar-refractivity contribution in [1.82, 2.24) is 9.88 Å². The van der Waals surface area contributed by atoms with Crippen LogP contribution in [0, 0.1) is 5.82 Å². The van der Waals surface area contributed by atoms with Crippen LogP contribution in [0.1, 0.15) is 23.2 Å². The third kappa shape index (κ3) is 4.95. The van der Waals surface area contributed by atoms with Crippen LogP contribution >= 0.6 is 0 Å². The van der Waals surface area contributed by atoms with Gasteiger partial charge >= 0.3 is 0 Å². The van der Waals surface area contributed by atoms with E-state index in [1.807, 2.05) is 23.1 Å². The number of carbonyl (C=O) groups is 2. The molecule has 2 amide bonds. The van der Waals surface area contributed by atoms with Crippen LogP contribution in [0.25, 0.3) is 11.3 Å². The van der Waals surface area contributed by atoms with Gasteiger partial charge in [0.2, 0.25) is 5.91 Å². The highest BCUT2D eigenvalue weighted by Crippen LogP contribution is 2.31. The molecule has 2 aromatic rings. The summed E-state index contributed by atoms with van der Waals surface area (Å²) in [6.07, 6.45) is 8.73. The molecular weight excluding hydrogens is 423 g/mol. The molecule has 0 atom stereocenters. The van der Waals surface area contributed by atoms with Crippen molar-refractivity contribution in [1.29, 1.82) is 0 Å². The smallest absolute Gasteiger partial charge is 0.250 e. The van der Waals surface area contributed by atoms with Crippen molar-refractivity contribution in [3.63, 3.8) is 0 Å². The first-order valence-corrected chi connectivity index (χ1v) is 10.8. The summed E-state index contributed by atoms with van der Waals surface area (Å²) in [6, 6.07) is 7.73. The number of ether oxygens (including phenoxy) is 1. The maximum absolute atomic E-state index is 15.1. The van der Waals surface area contributed by atoms with Crippen LogP contribution in [0.2, 0.25) is 0 Å². The van der Waals surface area contributed by atoms with Gasteiger partial charge in [-0.2, -0.15) is 0 Å². The molecule has 0 bridgehead atoms. The van der Waals surface area contributed by atoms with Gasteiger partial charge in [0.05, 0.1) is 11.3 Å². The zero-order valence-electron chi connectivity index (χ0n) is 18.2. The Morgan fingerprint density at radius 2 is 1.94 bits per heavy atom. The highest BCUT2D eigenvalue weighted by molar-refractivity contribution is 5.99. The van der Waals surface area contributed by atoms with Gasteiger partial charge in [0.1, 0.15) is 23.1 Å². The van der Waals surface area contributed by atoms with Crippen LogP contribution in [-0.2, 0) is 4.79 Å². The van der Waals surface area contributed by atoms with Gasteiger partial charge in [-0.05, 0) is 42.8 Å². The summed E-state index contributed by atoms with van der Waals surface area (Å²) in [5.74, 6) is 0.350. The van der Waals surface area contributed by atoms with E-state index in [2.05, 4.69) is 11.6 Å². The molecule has 170 valence electrons. The second-order valence-electron chi connectivity index (χ2n) is 7.79. The quantitative estimate of drug-likeness (QED) is 0.684. The fourth-order valence-corrected chi connectivity index (χ4v) is 3.88. The van der Waals surface area contributed by atoms with Crippen LogP contribution in [-0.4, -0.2) is 47.9 Å². The van der Waals surface area contributed by atoms with E-state index in [1.165, 1.54) is 12.1 Å². The summed E-state index contributed by atoms with van der Waals surface area (Å²) < 4.78 is 20.9. The standard InChI is InChI=1S/C25H25FN4O3/c1-2-23(31)30-14-12-29(13-15-30)22-11-10-20(25(27)32)24(28-22)19-9-8-18(16-21(19)26)33-17-6-4-3-5-7-17/h2-4,6,8-11,16H,1,5,7,12-15H2,(H2,27,32). The fourth-order valence-electron chi connectivity index (χ4n) is 3.88. The first-order valence-electron chi connectivity index (χ1n) is 10.8. The Morgan fingerprint density at radius 3 is 2.58 bits per heavy atom. The van der Waals surface area contributed by atoms with Crippen molar-refractivity contribution in [2.24, 2.45) is 5.73 Å². The number of carbonyl (C=O) groups excluding carboxylic acids is 2. The minimum atomic E-state index is -0.690. The first kappa shape index (κ1) is 22.3. The van der Waals surface area contributed by atoms with Gasteiger partial charge in [0.15, 0.2) is 0 Å². The SMILES string of the molecule is C=CC(=O)N1CCN(c2ccc(C(N)=O)c(-c3ccc(OC4=CC=CCC4)cc3F)n2)CC1. The van der Waals surface area contributed by atoms with E-state index in [9.17, 15) is 9.59 Å². The number of amides is 2. The molecule has 0 spiro atoms. The van der Waals surface area contributed by atoms with E-state index in [0.717, 1.165) is 18.6 Å². The molecule has 1 fully saturated rings. The minimum absolute atomic E-state index is 0.114. The topological polar surface area (TPSA) is 88.8 Å². The van der Waals surface area contributed by atoms with Crippen LogP contribution < -0.4 is 15.4 Å². The molecule has 1 aromatic carbocycles. The average molecular weight is 448 g/mol. The maximum atomic E-state index is 15.1. The van der Waals surface area contributed by atoms with Gasteiger partial charge < -0.3 is 20.3 Å². The van der Waals surface area contributed by atoms with Crippen molar-refractivity contribution in [3.8, 4) is 17.0 Å². The van der Waals surface area contributed by atoms with Gasteiger partial charge in [-0.25, -0.2) is 9.37 Å². The van der Waals surface area contributed by atoms with E-state index in [4.69, 9.17) is 10.5 Å². The Balaban J connectivity index is 1.60. The molecule has 1 saturated heterocycles. The lowest BCUT2D eigenvalue weighted by Gasteiger charge is -2.35. The number of nitrogens with zero attached hydrogens (tertiary/aromatic N) is 3. The third-order valence-corrected chi connectivity index (χ3v) is 5.66. The van der Waals surface area contributed by atoms with Crippen molar-refractivity contribution in [3.05, 3.63) is 78.4 Å². The number of rotatable bonds is 6. The van der Waals surface area contributed by atoms with E-state index >= 15 is 4.39 Å². The average Bonchev–Trinajstić information content (AvgIpc) is 2.84. The Kier molecular flexibility index (Phi) is 6.53. The number of allylic oxidation sites excluding steroid dienone is 4. The Bertz CT molecular complexity index is 1150. The lowest BCUT2D eigenvalue weighted by molar-refractivity contribution is -0.126. The molecule has 1 aliphatic heterocycles. The molecule has 33 heavy (non-hydrogen) atoms. The van der Waals surface area contributed by atoms with Crippen LogP contribution in [0.4, 0.5) is 10.2 Å². The molecule has 0 unspecified atom stereocenters. The molecule has 1 aromatic heterocycles. The zero-order valence-corrected chi connectivity index (χ0v) is 18.2. The fraction of sp³-hybridized carbons (Fsp3) is 0.240. The number of aromatic nitrogens is 1. The lowest BCUT2D eigenvalue weighted by Crippen LogP contribution is -2.48. The van der Waals surface area contributed by atoms with E-state index in [0.29, 0.717) is 37.7 Å². The molecule has 1 aliphatic carbocycles. The monoisotopic (exact) mass is 448 g/mol. The summed E-state index contributed by atoms with van der Waals surface area (Å²) in [5.41, 5.74) is 6.01. The van der Waals surface area contributed by atoms with E-state index < -0.39 is 11.7 Å². The van der Waals surface area contributed by atoms with Gasteiger partial charge in [0, 0.05) is 44.2 Å². The van der Waals surface area contributed by atoms with Gasteiger partial charge in [-0.3, -0.25) is 9.59 Å². The van der Waals surface area contributed by atoms with Gasteiger partial charge in [0.25, 0.3) is 5.91 Å². The third-order valence-electron chi connectivity index (χ3n) is 5.66. The second kappa shape index (κ2) is 9.68. The number of primary amides is 1. The second-order valence-corrected chi connectivity index (χ2v) is 7.79. The molecule has 8 heteroatoms. The van der Waals surface area contributed by atoms with Crippen molar-refractivity contribution >= 4 is 17.6 Å². The van der Waals surface area contributed by atoms with Gasteiger partial charge in [-0.1, -0.05) is 18.7 Å². The van der Waals surface area contributed by atoms with Crippen molar-refractivity contribution < 1.29 is 18.7 Å². The summed E-state index contributed by atoms with van der Waals surface area (Å²) in [7, 11) is 0. The number of benzene rings is 1. The predicted octanol–water partition coefficient (Wildman–Crippen LogP) is 3.43. The number of hydrogen-bond donors (Lipinski definition) is 1. The van der Waals surface area contributed by atoms with E-state index in [-0.39, 0.29) is 22.7 Å². The normalized spacial score (nSPS) is 15.7. The number of nitrogens with two attached hydrogens (primary N) is 1. The van der Waals surface area contributed by atoms with Gasteiger partial charge in [-0.15, -0.1) is 0 Å². The summed E-state index contributed by atoms with van der Waals surface area (Å²) >= 11 is 0. The Morgan fingerprint density at radius 1 is 1.15 bits per heavy atom. The number of halogens is 1. The number of hydrogen-bond acceptors (Lipinski definition) is 5. The van der Waals surface area contributed by atoms with Crippen molar-refractivity contribution in [2.75, 3.05) is 31.1 Å². The molecule has 7 nitrogen and oxygen atoms in total. The lowest BCUT2D eigenvalue weighted by atomic mass is 10.0. The molecule has 2 heterocycles. The summed E-state index contributed by atoms with van der Waals surface area (Å²) in [6.45, 7) is 5.67.